The van der Waals surface area contributed by atoms with Gasteiger partial charge in [-0.2, -0.15) is 0 Å². The van der Waals surface area contributed by atoms with E-state index in [1.807, 2.05) is 13.2 Å². The summed E-state index contributed by atoms with van der Waals surface area (Å²) in [6, 6.07) is 4.29. The van der Waals surface area contributed by atoms with Gasteiger partial charge >= 0.3 is 0 Å². The summed E-state index contributed by atoms with van der Waals surface area (Å²) in [6.07, 6.45) is 4.35. The predicted molar refractivity (Wildman–Crippen MR) is 73.8 cm³/mol. The van der Waals surface area contributed by atoms with E-state index in [0.717, 1.165) is 37.9 Å². The van der Waals surface area contributed by atoms with Crippen molar-refractivity contribution in [3.05, 3.63) is 24.0 Å². The maximum absolute atomic E-state index is 5.24. The Bertz CT molecular complexity index is 362. The van der Waals surface area contributed by atoms with Crippen LogP contribution in [0.3, 0.4) is 0 Å². The number of pyridine rings is 1. The molecule has 0 amide bonds. The molecule has 4 heteroatoms. The minimum absolute atomic E-state index is 0.727. The summed E-state index contributed by atoms with van der Waals surface area (Å²) in [7, 11) is 3.74. The second-order valence-corrected chi connectivity index (χ2v) is 4.92. The van der Waals surface area contributed by atoms with E-state index < -0.39 is 0 Å². The fraction of sp³-hybridized carbons (Fsp3) is 0.643. The van der Waals surface area contributed by atoms with E-state index in [0.29, 0.717) is 0 Å². The van der Waals surface area contributed by atoms with Gasteiger partial charge in [0.1, 0.15) is 0 Å². The Labute approximate surface area is 109 Å². The average Bonchev–Trinajstić information content (AvgIpc) is 2.41. The van der Waals surface area contributed by atoms with Crippen molar-refractivity contribution in [2.75, 3.05) is 38.8 Å². The minimum Gasteiger partial charge on any atom is -0.384 e. The smallest absolute Gasteiger partial charge is 0.0562 e. The van der Waals surface area contributed by atoms with Crippen molar-refractivity contribution < 1.29 is 4.74 Å². The first-order valence-corrected chi connectivity index (χ1v) is 6.67. The minimum atomic E-state index is 0.727. The summed E-state index contributed by atoms with van der Waals surface area (Å²) < 4.78 is 5.24. The van der Waals surface area contributed by atoms with Gasteiger partial charge in [0.15, 0.2) is 0 Å². The molecule has 1 aliphatic rings. The van der Waals surface area contributed by atoms with Gasteiger partial charge in [0.2, 0.25) is 0 Å². The van der Waals surface area contributed by atoms with Crippen molar-refractivity contribution in [2.45, 2.75) is 19.4 Å². The van der Waals surface area contributed by atoms with Crippen LogP contribution in [-0.2, 0) is 11.3 Å². The molecule has 1 aliphatic heterocycles. The van der Waals surface area contributed by atoms with Crippen molar-refractivity contribution in [1.82, 2.24) is 10.3 Å². The monoisotopic (exact) mass is 249 g/mol. The number of hydrogen-bond acceptors (Lipinski definition) is 4. The zero-order valence-corrected chi connectivity index (χ0v) is 11.4. The van der Waals surface area contributed by atoms with Crippen molar-refractivity contribution in [2.24, 2.45) is 5.92 Å². The highest BCUT2D eigenvalue weighted by molar-refractivity contribution is 5.46. The number of anilines is 1. The lowest BCUT2D eigenvalue weighted by Crippen LogP contribution is -2.35. The number of methoxy groups -OCH3 is 1. The molecule has 1 fully saturated rings. The largest absolute Gasteiger partial charge is 0.384 e. The molecule has 0 spiro atoms. The van der Waals surface area contributed by atoms with Gasteiger partial charge < -0.3 is 15.0 Å². The van der Waals surface area contributed by atoms with E-state index in [4.69, 9.17) is 4.74 Å². The third-order valence-electron chi connectivity index (χ3n) is 3.54. The van der Waals surface area contributed by atoms with E-state index in [9.17, 15) is 0 Å². The first-order chi connectivity index (χ1) is 8.83. The number of nitrogens with one attached hydrogen (secondary N) is 1. The Hall–Kier alpha value is -1.13. The Balaban J connectivity index is 1.94. The quantitative estimate of drug-likeness (QED) is 0.861. The lowest BCUT2D eigenvalue weighted by atomic mass is 9.97. The molecule has 1 aromatic rings. The molecule has 0 aliphatic carbocycles. The fourth-order valence-corrected chi connectivity index (χ4v) is 2.53. The molecule has 0 atom stereocenters. The molecule has 0 radical (unpaired) electrons. The topological polar surface area (TPSA) is 37.4 Å². The Morgan fingerprint density at radius 2 is 2.22 bits per heavy atom. The standard InChI is InChI=1S/C14H23N3O/c1-15-10-13-9-14(3-6-16-13)17-7-4-12(5-8-17)11-18-2/h3,6,9,12,15H,4-5,7-8,10-11H2,1-2H3. The number of ether oxygens (including phenoxy) is 1. The Kier molecular flexibility index (Phi) is 4.96. The van der Waals surface area contributed by atoms with Crippen molar-refractivity contribution in [3.63, 3.8) is 0 Å². The van der Waals surface area contributed by atoms with Crippen LogP contribution in [0.5, 0.6) is 0 Å². The Morgan fingerprint density at radius 1 is 1.44 bits per heavy atom. The van der Waals surface area contributed by atoms with E-state index in [-0.39, 0.29) is 0 Å². The normalized spacial score (nSPS) is 17.1. The molecule has 0 unspecified atom stereocenters. The second-order valence-electron chi connectivity index (χ2n) is 4.92. The number of aromatic nitrogens is 1. The van der Waals surface area contributed by atoms with Gasteiger partial charge in [-0.3, -0.25) is 4.98 Å². The second kappa shape index (κ2) is 6.71. The molecular formula is C14H23N3O. The van der Waals surface area contributed by atoms with Crippen LogP contribution in [0.1, 0.15) is 18.5 Å². The summed E-state index contributed by atoms with van der Waals surface area (Å²) >= 11 is 0. The highest BCUT2D eigenvalue weighted by atomic mass is 16.5. The molecule has 18 heavy (non-hydrogen) atoms. The van der Waals surface area contributed by atoms with Gasteiger partial charge in [-0.15, -0.1) is 0 Å². The summed E-state index contributed by atoms with van der Waals surface area (Å²) in [6.45, 7) is 3.97. The van der Waals surface area contributed by atoms with E-state index >= 15 is 0 Å². The maximum atomic E-state index is 5.24. The van der Waals surface area contributed by atoms with Crippen LogP contribution in [0.15, 0.2) is 18.3 Å². The molecule has 1 saturated heterocycles. The van der Waals surface area contributed by atoms with Crippen LogP contribution < -0.4 is 10.2 Å². The lowest BCUT2D eigenvalue weighted by molar-refractivity contribution is 0.139. The SMILES string of the molecule is CNCc1cc(N2CCC(COC)CC2)ccn1. The van der Waals surface area contributed by atoms with Gasteiger partial charge in [-0.25, -0.2) is 0 Å². The molecular weight excluding hydrogens is 226 g/mol. The zero-order chi connectivity index (χ0) is 12.8. The maximum Gasteiger partial charge on any atom is 0.0562 e. The Morgan fingerprint density at radius 3 is 2.89 bits per heavy atom. The van der Waals surface area contributed by atoms with Crippen LogP contribution in [0.2, 0.25) is 0 Å². The highest BCUT2D eigenvalue weighted by Gasteiger charge is 2.19. The molecule has 1 N–H and O–H groups in total. The van der Waals surface area contributed by atoms with Gasteiger partial charge in [-0.05, 0) is 37.9 Å². The van der Waals surface area contributed by atoms with E-state index in [2.05, 4.69) is 27.3 Å². The van der Waals surface area contributed by atoms with E-state index in [1.165, 1.54) is 18.5 Å². The van der Waals surface area contributed by atoms with Crippen molar-refractivity contribution >= 4 is 5.69 Å². The van der Waals surface area contributed by atoms with Crippen LogP contribution >= 0.6 is 0 Å². The molecule has 0 saturated carbocycles. The molecule has 2 heterocycles. The van der Waals surface area contributed by atoms with E-state index in [1.54, 1.807) is 7.11 Å². The van der Waals surface area contributed by atoms with Gasteiger partial charge in [0.05, 0.1) is 5.69 Å². The molecule has 2 rings (SSSR count). The lowest BCUT2D eigenvalue weighted by Gasteiger charge is -2.33. The molecule has 1 aromatic heterocycles. The summed E-state index contributed by atoms with van der Waals surface area (Å²) in [5.74, 6) is 0.727. The van der Waals surface area contributed by atoms with Gasteiger partial charge in [0.25, 0.3) is 0 Å². The summed E-state index contributed by atoms with van der Waals surface area (Å²) in [5.41, 5.74) is 2.40. The first-order valence-electron chi connectivity index (χ1n) is 6.67. The molecule has 0 bridgehead atoms. The first kappa shape index (κ1) is 13.3. The third kappa shape index (κ3) is 3.43. The molecule has 4 nitrogen and oxygen atoms in total. The van der Waals surface area contributed by atoms with Crippen LogP contribution in [0, 0.1) is 5.92 Å². The summed E-state index contributed by atoms with van der Waals surface area (Å²) in [4.78, 5) is 6.81. The predicted octanol–water partition coefficient (Wildman–Crippen LogP) is 1.66. The van der Waals surface area contributed by atoms with Crippen molar-refractivity contribution in [3.8, 4) is 0 Å². The van der Waals surface area contributed by atoms with Crippen LogP contribution in [0.25, 0.3) is 0 Å². The summed E-state index contributed by atoms with van der Waals surface area (Å²) in [5, 5.41) is 3.14. The van der Waals surface area contributed by atoms with Crippen LogP contribution in [-0.4, -0.2) is 38.8 Å². The van der Waals surface area contributed by atoms with Gasteiger partial charge in [-0.1, -0.05) is 0 Å². The number of nitrogens with zero attached hydrogens (tertiary/aromatic N) is 2. The fourth-order valence-electron chi connectivity index (χ4n) is 2.53. The molecule has 100 valence electrons. The third-order valence-corrected chi connectivity index (χ3v) is 3.54. The van der Waals surface area contributed by atoms with Gasteiger partial charge in [0, 0.05) is 45.2 Å². The zero-order valence-electron chi connectivity index (χ0n) is 11.4. The van der Waals surface area contributed by atoms with Crippen molar-refractivity contribution in [1.29, 1.82) is 0 Å². The number of hydrogen-bond donors (Lipinski definition) is 1. The molecule has 0 aromatic carbocycles. The highest BCUT2D eigenvalue weighted by Crippen LogP contribution is 2.23. The van der Waals surface area contributed by atoms with Crippen LogP contribution in [0.4, 0.5) is 5.69 Å². The average molecular weight is 249 g/mol. The number of piperidine rings is 1. The number of rotatable bonds is 5.